The first-order chi connectivity index (χ1) is 8.08. The van der Waals surface area contributed by atoms with E-state index < -0.39 is 0 Å². The summed E-state index contributed by atoms with van der Waals surface area (Å²) < 4.78 is 0. The zero-order chi connectivity index (χ0) is 12.4. The second kappa shape index (κ2) is 6.30. The normalized spacial score (nSPS) is 13.9. The summed E-state index contributed by atoms with van der Waals surface area (Å²) in [6.07, 6.45) is 3.71. The minimum Gasteiger partial charge on any atom is -0.399 e. The maximum Gasteiger partial charge on any atom is 0.255 e. The molecule has 0 aromatic heterocycles. The highest BCUT2D eigenvalue weighted by Crippen LogP contribution is 2.32. The van der Waals surface area contributed by atoms with Crippen LogP contribution < -0.4 is 5.73 Å². The van der Waals surface area contributed by atoms with E-state index in [1.807, 2.05) is 7.05 Å². The Balaban J connectivity index is 0.00000162. The standard InChI is InChI=1S/C13H17ClN2O.ClH/c1-16(7-6-9-2-3-9)13(17)11-5-4-10(15)8-12(11)14;/h4-5,8-9H,2-3,6-7,15H2,1H3;1H. The Morgan fingerprint density at radius 1 is 1.50 bits per heavy atom. The molecule has 1 aromatic carbocycles. The third-order valence-corrected chi connectivity index (χ3v) is 3.45. The summed E-state index contributed by atoms with van der Waals surface area (Å²) >= 11 is 6.02. The lowest BCUT2D eigenvalue weighted by molar-refractivity contribution is 0.0792. The van der Waals surface area contributed by atoms with E-state index >= 15 is 0 Å². The molecule has 2 rings (SSSR count). The van der Waals surface area contributed by atoms with Crippen molar-refractivity contribution < 1.29 is 4.79 Å². The molecule has 0 spiro atoms. The number of carbonyl (C=O) groups is 1. The van der Waals surface area contributed by atoms with Gasteiger partial charge in [0.2, 0.25) is 0 Å². The molecule has 0 bridgehead atoms. The van der Waals surface area contributed by atoms with Crippen molar-refractivity contribution in [2.75, 3.05) is 19.3 Å². The van der Waals surface area contributed by atoms with Gasteiger partial charge in [0.1, 0.15) is 0 Å². The van der Waals surface area contributed by atoms with Crippen LogP contribution in [0.15, 0.2) is 18.2 Å². The first kappa shape index (κ1) is 15.1. The second-order valence-corrected chi connectivity index (χ2v) is 5.11. The number of amides is 1. The third kappa shape index (κ3) is 3.79. The summed E-state index contributed by atoms with van der Waals surface area (Å²) in [4.78, 5) is 13.8. The van der Waals surface area contributed by atoms with Crippen LogP contribution in [-0.2, 0) is 0 Å². The molecule has 5 heteroatoms. The summed E-state index contributed by atoms with van der Waals surface area (Å²) in [5, 5.41) is 0.424. The van der Waals surface area contributed by atoms with E-state index in [0.29, 0.717) is 16.3 Å². The molecule has 1 aliphatic rings. The molecule has 1 fully saturated rings. The van der Waals surface area contributed by atoms with Crippen molar-refractivity contribution in [1.29, 1.82) is 0 Å². The van der Waals surface area contributed by atoms with Crippen molar-refractivity contribution in [2.24, 2.45) is 5.92 Å². The molecule has 3 nitrogen and oxygen atoms in total. The van der Waals surface area contributed by atoms with Gasteiger partial charge >= 0.3 is 0 Å². The van der Waals surface area contributed by atoms with Gasteiger partial charge in [0, 0.05) is 19.3 Å². The minimum absolute atomic E-state index is 0. The number of anilines is 1. The van der Waals surface area contributed by atoms with Crippen molar-refractivity contribution in [1.82, 2.24) is 4.90 Å². The van der Waals surface area contributed by atoms with Crippen LogP contribution >= 0.6 is 24.0 Å². The maximum absolute atomic E-state index is 12.1. The number of carbonyl (C=O) groups excluding carboxylic acids is 1. The molecule has 0 saturated heterocycles. The maximum atomic E-state index is 12.1. The highest BCUT2D eigenvalue weighted by Gasteiger charge is 2.23. The number of halogens is 2. The van der Waals surface area contributed by atoms with Gasteiger partial charge in [-0.1, -0.05) is 24.4 Å². The fourth-order valence-corrected chi connectivity index (χ4v) is 2.06. The molecular formula is C13H18Cl2N2O. The van der Waals surface area contributed by atoms with Gasteiger partial charge in [-0.3, -0.25) is 4.79 Å². The van der Waals surface area contributed by atoms with Crippen LogP contribution in [0.4, 0.5) is 5.69 Å². The Hall–Kier alpha value is -0.930. The van der Waals surface area contributed by atoms with Crippen LogP contribution in [0.1, 0.15) is 29.6 Å². The molecule has 0 aliphatic heterocycles. The highest BCUT2D eigenvalue weighted by molar-refractivity contribution is 6.34. The van der Waals surface area contributed by atoms with Gasteiger partial charge in [-0.15, -0.1) is 12.4 Å². The van der Waals surface area contributed by atoms with Crippen molar-refractivity contribution in [3.63, 3.8) is 0 Å². The van der Waals surface area contributed by atoms with E-state index in [1.165, 1.54) is 12.8 Å². The first-order valence-electron chi connectivity index (χ1n) is 5.88. The second-order valence-electron chi connectivity index (χ2n) is 4.70. The predicted molar refractivity (Wildman–Crippen MR) is 77.4 cm³/mol. The SMILES string of the molecule is CN(CCC1CC1)C(=O)c1ccc(N)cc1Cl.Cl. The van der Waals surface area contributed by atoms with Gasteiger partial charge < -0.3 is 10.6 Å². The largest absolute Gasteiger partial charge is 0.399 e. The number of benzene rings is 1. The van der Waals surface area contributed by atoms with Crippen molar-refractivity contribution in [2.45, 2.75) is 19.3 Å². The molecule has 100 valence electrons. The Bertz CT molecular complexity index is 433. The van der Waals surface area contributed by atoms with E-state index in [1.54, 1.807) is 23.1 Å². The molecule has 0 atom stereocenters. The summed E-state index contributed by atoms with van der Waals surface area (Å²) in [6, 6.07) is 5.00. The lowest BCUT2D eigenvalue weighted by Crippen LogP contribution is -2.28. The molecule has 1 saturated carbocycles. The van der Waals surface area contributed by atoms with Gasteiger partial charge in [-0.2, -0.15) is 0 Å². The summed E-state index contributed by atoms with van der Waals surface area (Å²) in [5.41, 5.74) is 6.70. The van der Waals surface area contributed by atoms with E-state index in [4.69, 9.17) is 17.3 Å². The van der Waals surface area contributed by atoms with Crippen LogP contribution in [0.2, 0.25) is 5.02 Å². The number of nitrogens with two attached hydrogens (primary N) is 1. The number of rotatable bonds is 4. The van der Waals surface area contributed by atoms with Gasteiger partial charge in [-0.05, 0) is 30.5 Å². The number of nitrogen functional groups attached to an aromatic ring is 1. The third-order valence-electron chi connectivity index (χ3n) is 3.14. The zero-order valence-electron chi connectivity index (χ0n) is 10.4. The quantitative estimate of drug-likeness (QED) is 0.865. The van der Waals surface area contributed by atoms with Gasteiger partial charge in [0.05, 0.1) is 10.6 Å². The molecule has 18 heavy (non-hydrogen) atoms. The molecule has 2 N–H and O–H groups in total. The molecule has 0 unspecified atom stereocenters. The van der Waals surface area contributed by atoms with E-state index in [0.717, 1.165) is 18.9 Å². The van der Waals surface area contributed by atoms with E-state index in [9.17, 15) is 4.79 Å². The van der Waals surface area contributed by atoms with Crippen LogP contribution in [0.5, 0.6) is 0 Å². The first-order valence-corrected chi connectivity index (χ1v) is 6.26. The highest BCUT2D eigenvalue weighted by atomic mass is 35.5. The lowest BCUT2D eigenvalue weighted by Gasteiger charge is -2.17. The van der Waals surface area contributed by atoms with Crippen molar-refractivity contribution in [3.8, 4) is 0 Å². The average Bonchev–Trinajstić information content (AvgIpc) is 3.09. The Morgan fingerprint density at radius 2 is 2.17 bits per heavy atom. The molecule has 0 radical (unpaired) electrons. The topological polar surface area (TPSA) is 46.3 Å². The monoisotopic (exact) mass is 288 g/mol. The average molecular weight is 289 g/mol. The zero-order valence-corrected chi connectivity index (χ0v) is 11.9. The van der Waals surface area contributed by atoms with E-state index in [-0.39, 0.29) is 18.3 Å². The fraction of sp³-hybridized carbons (Fsp3) is 0.462. The summed E-state index contributed by atoms with van der Waals surface area (Å²) in [5.74, 6) is 0.794. The number of hydrogen-bond acceptors (Lipinski definition) is 2. The van der Waals surface area contributed by atoms with Crippen molar-refractivity contribution in [3.05, 3.63) is 28.8 Å². The molecule has 1 aromatic rings. The molecule has 0 heterocycles. The molecular weight excluding hydrogens is 271 g/mol. The number of hydrogen-bond donors (Lipinski definition) is 1. The Labute approximate surface area is 119 Å². The molecule has 1 aliphatic carbocycles. The minimum atomic E-state index is -0.0318. The smallest absolute Gasteiger partial charge is 0.255 e. The van der Waals surface area contributed by atoms with Crippen LogP contribution in [0.3, 0.4) is 0 Å². The fourth-order valence-electron chi connectivity index (χ4n) is 1.79. The lowest BCUT2D eigenvalue weighted by atomic mass is 10.1. The summed E-state index contributed by atoms with van der Waals surface area (Å²) in [6.45, 7) is 0.796. The summed E-state index contributed by atoms with van der Waals surface area (Å²) in [7, 11) is 1.82. The van der Waals surface area contributed by atoms with Gasteiger partial charge in [0.15, 0.2) is 0 Å². The predicted octanol–water partition coefficient (Wildman–Crippen LogP) is 3.22. The Kier molecular flexibility index (Phi) is 5.29. The van der Waals surface area contributed by atoms with Crippen LogP contribution in [0, 0.1) is 5.92 Å². The molecule has 1 amide bonds. The van der Waals surface area contributed by atoms with Gasteiger partial charge in [-0.25, -0.2) is 0 Å². The Morgan fingerprint density at radius 3 is 2.72 bits per heavy atom. The van der Waals surface area contributed by atoms with Crippen molar-refractivity contribution >= 4 is 35.6 Å². The van der Waals surface area contributed by atoms with Gasteiger partial charge in [0.25, 0.3) is 5.91 Å². The van der Waals surface area contributed by atoms with Crippen LogP contribution in [0.25, 0.3) is 0 Å². The number of nitrogens with zero attached hydrogens (tertiary/aromatic N) is 1. The van der Waals surface area contributed by atoms with E-state index in [2.05, 4.69) is 0 Å². The van der Waals surface area contributed by atoms with Crippen LogP contribution in [-0.4, -0.2) is 24.4 Å².